The largest absolute Gasteiger partial charge is 1.00 e. The van der Waals surface area contributed by atoms with Crippen molar-refractivity contribution in [2.45, 2.75) is 6.54 Å². The lowest BCUT2D eigenvalue weighted by atomic mass is 10.1. The Morgan fingerprint density at radius 3 is 2.06 bits per heavy atom. The monoisotopic (exact) mass is 369 g/mol. The molecule has 0 unspecified atom stereocenters. The molecule has 2 rings (SSSR count). The first-order valence-corrected chi connectivity index (χ1v) is 6.51. The Labute approximate surface area is 128 Å². The van der Waals surface area contributed by atoms with Gasteiger partial charge in [0.15, 0.2) is 0 Å². The molecule has 0 bridgehead atoms. The minimum atomic E-state index is 0. The molecule has 0 aliphatic rings. The summed E-state index contributed by atoms with van der Waals surface area (Å²) in [6.45, 7) is 0.978. The molecule has 0 aliphatic carbocycles. The molecule has 0 heterocycles. The fourth-order valence-corrected chi connectivity index (χ4v) is 2.39. The Kier molecular flexibility index (Phi) is 5.57. The predicted molar refractivity (Wildman–Crippen MR) is 77.9 cm³/mol. The van der Waals surface area contributed by atoms with Crippen LogP contribution in [0.5, 0.6) is 0 Å². The van der Waals surface area contributed by atoms with Gasteiger partial charge in [-0.3, -0.25) is 4.48 Å². The van der Waals surface area contributed by atoms with Gasteiger partial charge in [0.25, 0.3) is 0 Å². The number of benzene rings is 2. The van der Waals surface area contributed by atoms with Crippen molar-refractivity contribution in [3.05, 3.63) is 64.6 Å². The molecule has 0 N–H and O–H groups in total. The fourth-order valence-electron chi connectivity index (χ4n) is 1.98. The van der Waals surface area contributed by atoms with E-state index in [1.807, 2.05) is 0 Å². The van der Waals surface area contributed by atoms with Crippen molar-refractivity contribution in [3.8, 4) is 0 Å². The van der Waals surface area contributed by atoms with Gasteiger partial charge in [-0.15, -0.1) is 0 Å². The van der Waals surface area contributed by atoms with Crippen molar-refractivity contribution >= 4 is 21.6 Å². The third-order valence-electron chi connectivity index (χ3n) is 2.98. The molecule has 0 aliphatic heterocycles. The third kappa shape index (κ3) is 3.67. The summed E-state index contributed by atoms with van der Waals surface area (Å²) >= 11 is 3.61. The van der Waals surface area contributed by atoms with E-state index >= 15 is 0 Å². The zero-order valence-corrected chi connectivity index (χ0v) is 13.8. The van der Waals surface area contributed by atoms with Gasteiger partial charge >= 0.3 is 0 Å². The molecule has 96 valence electrons. The van der Waals surface area contributed by atoms with Gasteiger partial charge in [-0.25, -0.2) is 0 Å². The normalized spacial score (nSPS) is 10.8. The van der Waals surface area contributed by atoms with Crippen molar-refractivity contribution in [2.75, 3.05) is 14.1 Å². The number of quaternary nitrogens is 1. The van der Waals surface area contributed by atoms with Crippen molar-refractivity contribution in [1.82, 2.24) is 4.48 Å². The van der Waals surface area contributed by atoms with Crippen LogP contribution < -0.4 is 21.5 Å². The molecule has 0 aromatic heterocycles. The molecule has 18 heavy (non-hydrogen) atoms. The summed E-state index contributed by atoms with van der Waals surface area (Å²) < 4.78 is 2.03. The van der Waals surface area contributed by atoms with Crippen LogP contribution in [-0.2, 0) is 6.54 Å². The van der Waals surface area contributed by atoms with Crippen LogP contribution in [0.3, 0.4) is 0 Å². The number of rotatable bonds is 3. The third-order valence-corrected chi connectivity index (χ3v) is 3.75. The summed E-state index contributed by atoms with van der Waals surface area (Å²) in [6, 6.07) is 19.0. The SMILES string of the molecule is C[N+](C)(Cc1ccccc1Br)c1ccccc1.[Br-]. The molecule has 3 heteroatoms. The lowest BCUT2D eigenvalue weighted by molar-refractivity contribution is -0.00000357. The molecule has 0 amide bonds. The van der Waals surface area contributed by atoms with Gasteiger partial charge in [-0.05, 0) is 18.2 Å². The van der Waals surface area contributed by atoms with Gasteiger partial charge in [0, 0.05) is 10.0 Å². The number of para-hydroxylation sites is 1. The highest BCUT2D eigenvalue weighted by Crippen LogP contribution is 2.25. The van der Waals surface area contributed by atoms with Crippen LogP contribution in [0, 0.1) is 0 Å². The zero-order valence-electron chi connectivity index (χ0n) is 10.6. The van der Waals surface area contributed by atoms with Crippen molar-refractivity contribution in [3.63, 3.8) is 0 Å². The Bertz CT molecular complexity index is 495. The van der Waals surface area contributed by atoms with E-state index in [0.717, 1.165) is 11.0 Å². The maximum absolute atomic E-state index is 3.61. The molecule has 0 spiro atoms. The van der Waals surface area contributed by atoms with Gasteiger partial charge in [0.2, 0.25) is 0 Å². The van der Waals surface area contributed by atoms with E-state index in [2.05, 4.69) is 84.6 Å². The number of hydrogen-bond acceptors (Lipinski definition) is 0. The predicted octanol–water partition coefficient (Wildman–Crippen LogP) is 1.22. The quantitative estimate of drug-likeness (QED) is 0.712. The summed E-state index contributed by atoms with van der Waals surface area (Å²) in [5.74, 6) is 0. The molecular weight excluding hydrogens is 354 g/mol. The zero-order chi connectivity index (χ0) is 12.3. The minimum absolute atomic E-state index is 0. The number of halogens is 2. The van der Waals surface area contributed by atoms with Crippen molar-refractivity contribution in [1.29, 1.82) is 0 Å². The van der Waals surface area contributed by atoms with E-state index in [4.69, 9.17) is 0 Å². The van der Waals surface area contributed by atoms with Crippen molar-refractivity contribution in [2.24, 2.45) is 0 Å². The second-order valence-electron chi connectivity index (χ2n) is 4.77. The molecule has 0 saturated carbocycles. The second-order valence-corrected chi connectivity index (χ2v) is 5.62. The Balaban J connectivity index is 0.00000162. The van der Waals surface area contributed by atoms with Crippen LogP contribution in [0.4, 0.5) is 5.69 Å². The molecule has 0 radical (unpaired) electrons. The van der Waals surface area contributed by atoms with Gasteiger partial charge < -0.3 is 17.0 Å². The van der Waals surface area contributed by atoms with Gasteiger partial charge in [0.1, 0.15) is 12.2 Å². The fraction of sp³-hybridized carbons (Fsp3) is 0.200. The molecular formula is C15H17Br2N. The molecule has 0 fully saturated rings. The highest BCUT2D eigenvalue weighted by molar-refractivity contribution is 9.10. The Hall–Kier alpha value is -0.640. The lowest BCUT2D eigenvalue weighted by Gasteiger charge is -2.29. The highest BCUT2D eigenvalue weighted by atomic mass is 79.9. The topological polar surface area (TPSA) is 0 Å². The number of nitrogens with zero attached hydrogens (tertiary/aromatic N) is 1. The molecule has 2 aromatic rings. The maximum Gasteiger partial charge on any atom is 0.132 e. The van der Waals surface area contributed by atoms with E-state index in [9.17, 15) is 0 Å². The van der Waals surface area contributed by atoms with Crippen LogP contribution in [0.25, 0.3) is 0 Å². The summed E-state index contributed by atoms with van der Waals surface area (Å²) in [4.78, 5) is 0. The van der Waals surface area contributed by atoms with Crippen LogP contribution in [-0.4, -0.2) is 14.1 Å². The van der Waals surface area contributed by atoms with Gasteiger partial charge in [0.05, 0.1) is 14.1 Å². The smallest absolute Gasteiger partial charge is 0.132 e. The first-order chi connectivity index (χ1) is 8.09. The maximum atomic E-state index is 3.61. The van der Waals surface area contributed by atoms with E-state index in [0.29, 0.717) is 0 Å². The first-order valence-electron chi connectivity index (χ1n) is 5.71. The minimum Gasteiger partial charge on any atom is -1.00 e. The molecule has 2 aromatic carbocycles. The average molecular weight is 371 g/mol. The van der Waals surface area contributed by atoms with Gasteiger partial charge in [-0.1, -0.05) is 52.3 Å². The first kappa shape index (κ1) is 15.4. The second kappa shape index (κ2) is 6.50. The van der Waals surface area contributed by atoms with E-state index < -0.39 is 0 Å². The van der Waals surface area contributed by atoms with E-state index in [-0.39, 0.29) is 17.0 Å². The molecule has 0 saturated heterocycles. The highest BCUT2D eigenvalue weighted by Gasteiger charge is 2.19. The van der Waals surface area contributed by atoms with Crippen LogP contribution in [0.1, 0.15) is 5.56 Å². The standard InChI is InChI=1S/C15H17BrN.BrH/c1-17(2,14-9-4-3-5-10-14)12-13-8-6-7-11-15(13)16;/h3-11H,12H2,1-2H3;1H/q+1;/p-1. The summed E-state index contributed by atoms with van der Waals surface area (Å²) in [6.07, 6.45) is 0. The van der Waals surface area contributed by atoms with Crippen LogP contribution in [0.2, 0.25) is 0 Å². The summed E-state index contributed by atoms with van der Waals surface area (Å²) in [7, 11) is 4.46. The Morgan fingerprint density at radius 1 is 0.889 bits per heavy atom. The van der Waals surface area contributed by atoms with E-state index in [1.165, 1.54) is 15.7 Å². The Morgan fingerprint density at radius 2 is 1.44 bits per heavy atom. The van der Waals surface area contributed by atoms with Crippen LogP contribution in [0.15, 0.2) is 59.1 Å². The molecule has 0 atom stereocenters. The average Bonchev–Trinajstić information content (AvgIpc) is 2.33. The number of hydrogen-bond donors (Lipinski definition) is 0. The van der Waals surface area contributed by atoms with Crippen LogP contribution >= 0.6 is 15.9 Å². The lowest BCUT2D eigenvalue weighted by Crippen LogP contribution is -3.00. The van der Waals surface area contributed by atoms with E-state index in [1.54, 1.807) is 0 Å². The summed E-state index contributed by atoms with van der Waals surface area (Å²) in [5.41, 5.74) is 2.66. The summed E-state index contributed by atoms with van der Waals surface area (Å²) in [5, 5.41) is 0. The van der Waals surface area contributed by atoms with Gasteiger partial charge in [-0.2, -0.15) is 0 Å². The molecule has 1 nitrogen and oxygen atoms in total. The van der Waals surface area contributed by atoms with Crippen molar-refractivity contribution < 1.29 is 17.0 Å².